The zero-order valence-corrected chi connectivity index (χ0v) is 10.6. The Hall–Kier alpha value is -1.56. The summed E-state index contributed by atoms with van der Waals surface area (Å²) >= 11 is 3.39. The summed E-state index contributed by atoms with van der Waals surface area (Å²) in [5, 5.41) is 11.1. The highest BCUT2D eigenvalue weighted by molar-refractivity contribution is 9.10. The van der Waals surface area contributed by atoms with Crippen molar-refractivity contribution >= 4 is 27.6 Å². The molecule has 2 aromatic rings. The number of anilines is 2. The van der Waals surface area contributed by atoms with Gasteiger partial charge in [0.05, 0.1) is 5.69 Å². The summed E-state index contributed by atoms with van der Waals surface area (Å²) in [7, 11) is 3.69. The van der Waals surface area contributed by atoms with Gasteiger partial charge >= 0.3 is 0 Å². The monoisotopic (exact) mass is 281 g/mol. The van der Waals surface area contributed by atoms with E-state index in [4.69, 9.17) is 5.73 Å². The molecule has 1 aromatic heterocycles. The SMILES string of the molecule is CNc1nnc(-c2cccc(Br)c2N)n1C. The first kappa shape index (κ1) is 10.9. The normalized spacial score (nSPS) is 10.4. The van der Waals surface area contributed by atoms with Gasteiger partial charge in [0.2, 0.25) is 5.95 Å². The first-order valence-electron chi connectivity index (χ1n) is 4.76. The van der Waals surface area contributed by atoms with Crippen molar-refractivity contribution in [3.05, 3.63) is 22.7 Å². The van der Waals surface area contributed by atoms with Crippen LogP contribution in [-0.4, -0.2) is 21.8 Å². The van der Waals surface area contributed by atoms with E-state index in [1.165, 1.54) is 0 Å². The average Bonchev–Trinajstić information content (AvgIpc) is 2.64. The van der Waals surface area contributed by atoms with Crippen LogP contribution in [-0.2, 0) is 7.05 Å². The maximum Gasteiger partial charge on any atom is 0.224 e. The van der Waals surface area contributed by atoms with E-state index in [0.717, 1.165) is 15.9 Å². The lowest BCUT2D eigenvalue weighted by molar-refractivity contribution is 0.925. The highest BCUT2D eigenvalue weighted by Crippen LogP contribution is 2.30. The van der Waals surface area contributed by atoms with Crippen LogP contribution in [0.3, 0.4) is 0 Å². The number of nitrogens with one attached hydrogen (secondary N) is 1. The second-order valence-electron chi connectivity index (χ2n) is 3.36. The molecule has 84 valence electrons. The molecule has 16 heavy (non-hydrogen) atoms. The number of hydrogen-bond donors (Lipinski definition) is 2. The molecule has 6 heteroatoms. The fraction of sp³-hybridized carbons (Fsp3) is 0.200. The van der Waals surface area contributed by atoms with E-state index >= 15 is 0 Å². The van der Waals surface area contributed by atoms with E-state index in [1.54, 1.807) is 7.05 Å². The maximum atomic E-state index is 5.99. The van der Waals surface area contributed by atoms with Crippen LogP contribution in [0.1, 0.15) is 0 Å². The topological polar surface area (TPSA) is 68.8 Å². The molecule has 0 bridgehead atoms. The van der Waals surface area contributed by atoms with E-state index in [1.807, 2.05) is 29.8 Å². The second kappa shape index (κ2) is 4.13. The molecule has 0 spiro atoms. The van der Waals surface area contributed by atoms with Crippen LogP contribution >= 0.6 is 15.9 Å². The van der Waals surface area contributed by atoms with Crippen molar-refractivity contribution in [1.82, 2.24) is 14.8 Å². The van der Waals surface area contributed by atoms with Gasteiger partial charge in [0, 0.05) is 24.1 Å². The fourth-order valence-corrected chi connectivity index (χ4v) is 1.88. The van der Waals surface area contributed by atoms with Gasteiger partial charge in [0.1, 0.15) is 0 Å². The van der Waals surface area contributed by atoms with E-state index < -0.39 is 0 Å². The molecule has 0 aliphatic rings. The Balaban J connectivity index is 2.59. The highest BCUT2D eigenvalue weighted by atomic mass is 79.9. The van der Waals surface area contributed by atoms with Gasteiger partial charge in [-0.2, -0.15) is 0 Å². The number of hydrogen-bond acceptors (Lipinski definition) is 4. The van der Waals surface area contributed by atoms with Crippen LogP contribution in [0.25, 0.3) is 11.4 Å². The van der Waals surface area contributed by atoms with Crippen molar-refractivity contribution in [2.75, 3.05) is 18.1 Å². The molecule has 0 aliphatic heterocycles. The minimum Gasteiger partial charge on any atom is -0.397 e. The number of halogens is 1. The van der Waals surface area contributed by atoms with Crippen LogP contribution in [0.15, 0.2) is 22.7 Å². The predicted octanol–water partition coefficient (Wildman–Crippen LogP) is 1.87. The van der Waals surface area contributed by atoms with Crippen molar-refractivity contribution in [1.29, 1.82) is 0 Å². The first-order chi connectivity index (χ1) is 7.65. The summed E-state index contributed by atoms with van der Waals surface area (Å²) < 4.78 is 2.72. The van der Waals surface area contributed by atoms with Crippen LogP contribution in [0.5, 0.6) is 0 Å². The van der Waals surface area contributed by atoms with Crippen molar-refractivity contribution in [3.63, 3.8) is 0 Å². The van der Waals surface area contributed by atoms with Crippen LogP contribution < -0.4 is 11.1 Å². The summed E-state index contributed by atoms with van der Waals surface area (Å²) in [6.45, 7) is 0. The minimum absolute atomic E-state index is 0.667. The molecule has 5 nitrogen and oxygen atoms in total. The molecule has 0 atom stereocenters. The molecule has 0 radical (unpaired) electrons. The van der Waals surface area contributed by atoms with E-state index in [2.05, 4.69) is 31.4 Å². The smallest absolute Gasteiger partial charge is 0.224 e. The molecule has 0 fully saturated rings. The Morgan fingerprint density at radius 1 is 1.38 bits per heavy atom. The zero-order chi connectivity index (χ0) is 11.7. The molecule has 1 aromatic carbocycles. The summed E-state index contributed by atoms with van der Waals surface area (Å²) in [5.74, 6) is 1.44. The number of para-hydroxylation sites is 1. The molecule has 0 saturated heterocycles. The lowest BCUT2D eigenvalue weighted by atomic mass is 10.2. The van der Waals surface area contributed by atoms with E-state index in [0.29, 0.717) is 11.6 Å². The minimum atomic E-state index is 0.667. The number of rotatable bonds is 2. The Morgan fingerprint density at radius 3 is 2.75 bits per heavy atom. The van der Waals surface area contributed by atoms with Crippen LogP contribution in [0, 0.1) is 0 Å². The van der Waals surface area contributed by atoms with Crippen LogP contribution in [0.2, 0.25) is 0 Å². The summed E-state index contributed by atoms with van der Waals surface area (Å²) in [5.41, 5.74) is 7.52. The van der Waals surface area contributed by atoms with Gasteiger partial charge in [-0.25, -0.2) is 0 Å². The van der Waals surface area contributed by atoms with Crippen molar-refractivity contribution in [3.8, 4) is 11.4 Å². The highest BCUT2D eigenvalue weighted by Gasteiger charge is 2.13. The first-order valence-corrected chi connectivity index (χ1v) is 5.56. The summed E-state index contributed by atoms with van der Waals surface area (Å²) in [6, 6.07) is 5.74. The molecule has 3 N–H and O–H groups in total. The molecule has 1 heterocycles. The zero-order valence-electron chi connectivity index (χ0n) is 9.03. The lowest BCUT2D eigenvalue weighted by Gasteiger charge is -2.07. The maximum absolute atomic E-state index is 5.99. The van der Waals surface area contributed by atoms with Crippen molar-refractivity contribution in [2.24, 2.45) is 7.05 Å². The van der Waals surface area contributed by atoms with E-state index in [-0.39, 0.29) is 0 Å². The van der Waals surface area contributed by atoms with Gasteiger partial charge in [-0.05, 0) is 28.1 Å². The third-order valence-electron chi connectivity index (χ3n) is 2.39. The molecule has 2 rings (SSSR count). The van der Waals surface area contributed by atoms with Gasteiger partial charge in [-0.1, -0.05) is 6.07 Å². The third-order valence-corrected chi connectivity index (χ3v) is 3.08. The van der Waals surface area contributed by atoms with E-state index in [9.17, 15) is 0 Å². The van der Waals surface area contributed by atoms with Crippen LogP contribution in [0.4, 0.5) is 11.6 Å². The summed E-state index contributed by atoms with van der Waals surface area (Å²) in [6.07, 6.45) is 0. The fourth-order valence-electron chi connectivity index (χ4n) is 1.51. The number of nitrogen functional groups attached to an aromatic ring is 1. The lowest BCUT2D eigenvalue weighted by Crippen LogP contribution is -2.01. The molecule has 0 saturated carbocycles. The second-order valence-corrected chi connectivity index (χ2v) is 4.21. The quantitative estimate of drug-likeness (QED) is 0.825. The average molecular weight is 282 g/mol. The largest absolute Gasteiger partial charge is 0.397 e. The molecular formula is C10H12BrN5. The van der Waals surface area contributed by atoms with Gasteiger partial charge in [-0.3, -0.25) is 4.57 Å². The number of benzene rings is 1. The molecular weight excluding hydrogens is 270 g/mol. The van der Waals surface area contributed by atoms with Gasteiger partial charge in [0.25, 0.3) is 0 Å². The Labute approximate surface area is 102 Å². The van der Waals surface area contributed by atoms with Crippen molar-refractivity contribution in [2.45, 2.75) is 0 Å². The number of aromatic nitrogens is 3. The van der Waals surface area contributed by atoms with Crippen molar-refractivity contribution < 1.29 is 0 Å². The Kier molecular flexibility index (Phi) is 2.82. The molecule has 0 unspecified atom stereocenters. The molecule has 0 aliphatic carbocycles. The number of nitrogens with zero attached hydrogens (tertiary/aromatic N) is 3. The third kappa shape index (κ3) is 1.65. The standard InChI is InChI=1S/C10H12BrN5/c1-13-10-15-14-9(16(10)2)6-4-3-5-7(11)8(6)12/h3-5H,12H2,1-2H3,(H,13,15). The Morgan fingerprint density at radius 2 is 2.12 bits per heavy atom. The predicted molar refractivity (Wildman–Crippen MR) is 68.1 cm³/mol. The van der Waals surface area contributed by atoms with Gasteiger partial charge in [0.15, 0.2) is 5.82 Å². The van der Waals surface area contributed by atoms with Gasteiger partial charge < -0.3 is 11.1 Å². The number of nitrogens with two attached hydrogens (primary N) is 1. The van der Waals surface area contributed by atoms with Gasteiger partial charge in [-0.15, -0.1) is 10.2 Å². The Bertz CT molecular complexity index is 520. The summed E-state index contributed by atoms with van der Waals surface area (Å²) in [4.78, 5) is 0. The molecule has 0 amide bonds.